The Kier molecular flexibility index (Phi) is 9.07. The van der Waals surface area contributed by atoms with Crippen LogP contribution in [0, 0.1) is 0 Å². The molecule has 0 aromatic heterocycles. The van der Waals surface area contributed by atoms with Crippen LogP contribution in [-0.2, 0) is 6.61 Å². The molecule has 2 N–H and O–H groups in total. The number of methoxy groups -OCH3 is 2. The van der Waals surface area contributed by atoms with Crippen LogP contribution < -0.4 is 24.4 Å². The Balaban J connectivity index is 1.67. The van der Waals surface area contributed by atoms with E-state index in [-0.39, 0.29) is 28.7 Å². The van der Waals surface area contributed by atoms with E-state index in [4.69, 9.17) is 30.5 Å². The van der Waals surface area contributed by atoms with E-state index in [0.29, 0.717) is 28.4 Å². The number of ether oxygens (including phenoxy) is 4. The first-order chi connectivity index (χ1) is 17.6. The zero-order valence-corrected chi connectivity index (χ0v) is 20.4. The number of alkyl halides is 3. The molecule has 37 heavy (non-hydrogen) atoms. The van der Waals surface area contributed by atoms with Gasteiger partial charge in [0.15, 0.2) is 18.1 Å². The molecule has 0 saturated heterocycles. The number of benzene rings is 3. The number of carbonyl (C=O) groups is 1. The third-order valence-corrected chi connectivity index (χ3v) is 5.08. The minimum atomic E-state index is -4.42. The highest BCUT2D eigenvalue weighted by Crippen LogP contribution is 2.39. The number of phenols is 1. The van der Waals surface area contributed by atoms with Gasteiger partial charge in [0.05, 0.1) is 25.5 Å². The second-order valence-electron chi connectivity index (χ2n) is 7.46. The number of carbonyl (C=O) groups excluding carboxylic acids is 1. The fraction of sp³-hybridized carbons (Fsp3) is 0.200. The van der Waals surface area contributed by atoms with Crippen molar-refractivity contribution in [3.63, 3.8) is 0 Å². The Bertz CT molecular complexity index is 1240. The van der Waals surface area contributed by atoms with Crippen LogP contribution in [0.2, 0.25) is 5.02 Å². The molecular weight excluding hydrogens is 517 g/mol. The van der Waals surface area contributed by atoms with Gasteiger partial charge in [0.2, 0.25) is 5.75 Å². The zero-order valence-electron chi connectivity index (χ0n) is 19.6. The monoisotopic (exact) mass is 538 g/mol. The van der Waals surface area contributed by atoms with Crippen molar-refractivity contribution in [1.82, 2.24) is 5.43 Å². The summed E-state index contributed by atoms with van der Waals surface area (Å²) in [5, 5.41) is 13.4. The minimum Gasteiger partial charge on any atom is -0.506 e. The van der Waals surface area contributed by atoms with Crippen LogP contribution in [0.15, 0.2) is 59.7 Å². The SMILES string of the molecule is COc1cc(/C=N/NC(=O)c2ccc(O)c(Cl)c2)cc(OC)c1OCc1ccc(OCC(F)(F)F)cc1. The van der Waals surface area contributed by atoms with Gasteiger partial charge in [-0.15, -0.1) is 0 Å². The predicted molar refractivity (Wildman–Crippen MR) is 130 cm³/mol. The van der Waals surface area contributed by atoms with Gasteiger partial charge in [0, 0.05) is 11.1 Å². The second kappa shape index (κ2) is 12.2. The van der Waals surface area contributed by atoms with Crippen molar-refractivity contribution in [2.45, 2.75) is 12.8 Å². The summed E-state index contributed by atoms with van der Waals surface area (Å²) in [6.07, 6.45) is -3.05. The topological polar surface area (TPSA) is 98.6 Å². The summed E-state index contributed by atoms with van der Waals surface area (Å²) in [4.78, 5) is 12.2. The van der Waals surface area contributed by atoms with Crippen molar-refractivity contribution >= 4 is 23.7 Å². The summed E-state index contributed by atoms with van der Waals surface area (Å²) >= 11 is 5.82. The van der Waals surface area contributed by atoms with Crippen LogP contribution in [0.5, 0.6) is 28.7 Å². The van der Waals surface area contributed by atoms with E-state index >= 15 is 0 Å². The summed E-state index contributed by atoms with van der Waals surface area (Å²) < 4.78 is 58.2. The lowest BCUT2D eigenvalue weighted by Crippen LogP contribution is -2.19. The fourth-order valence-electron chi connectivity index (χ4n) is 3.00. The number of amides is 1. The van der Waals surface area contributed by atoms with Gasteiger partial charge in [-0.3, -0.25) is 4.79 Å². The average Bonchev–Trinajstić information content (AvgIpc) is 2.87. The standard InChI is InChI=1S/C25H22ClF3N2O6/c1-34-21-9-16(12-30-31-24(33)17-5-8-20(32)19(26)11-17)10-22(35-2)23(21)36-13-15-3-6-18(7-4-15)37-14-25(27,28)29/h3-12,32H,13-14H2,1-2H3,(H,31,33)/b30-12+. The van der Waals surface area contributed by atoms with E-state index < -0.39 is 18.7 Å². The first kappa shape index (κ1) is 27.5. The van der Waals surface area contributed by atoms with Crippen LogP contribution in [0.3, 0.4) is 0 Å². The molecule has 0 bridgehead atoms. The fourth-order valence-corrected chi connectivity index (χ4v) is 3.18. The molecule has 12 heteroatoms. The molecule has 3 aromatic carbocycles. The largest absolute Gasteiger partial charge is 0.506 e. The van der Waals surface area contributed by atoms with E-state index in [1.807, 2.05) is 0 Å². The van der Waals surface area contributed by atoms with Crippen LogP contribution in [0.25, 0.3) is 0 Å². The summed E-state index contributed by atoms with van der Waals surface area (Å²) in [6.45, 7) is -1.30. The van der Waals surface area contributed by atoms with Gasteiger partial charge in [-0.1, -0.05) is 23.7 Å². The molecule has 1 amide bonds. The number of hydrazone groups is 1. The number of halogens is 4. The lowest BCUT2D eigenvalue weighted by Gasteiger charge is -2.15. The average molecular weight is 539 g/mol. The molecular formula is C25H22ClF3N2O6. The molecule has 3 aromatic rings. The van der Waals surface area contributed by atoms with Crippen LogP contribution in [0.1, 0.15) is 21.5 Å². The molecule has 3 rings (SSSR count). The summed E-state index contributed by atoms with van der Waals surface area (Å²) in [5.74, 6) is 0.343. The van der Waals surface area contributed by atoms with Gasteiger partial charge in [-0.25, -0.2) is 5.43 Å². The van der Waals surface area contributed by atoms with Gasteiger partial charge < -0.3 is 24.1 Å². The lowest BCUT2D eigenvalue weighted by atomic mass is 10.2. The van der Waals surface area contributed by atoms with Crippen molar-refractivity contribution < 1.29 is 42.0 Å². The van der Waals surface area contributed by atoms with Gasteiger partial charge in [-0.05, 0) is 48.0 Å². The quantitative estimate of drug-likeness (QED) is 0.267. The molecule has 0 heterocycles. The molecule has 0 aliphatic heterocycles. The first-order valence-corrected chi connectivity index (χ1v) is 11.0. The van der Waals surface area contributed by atoms with Crippen molar-refractivity contribution in [1.29, 1.82) is 0 Å². The van der Waals surface area contributed by atoms with Crippen molar-refractivity contribution in [2.24, 2.45) is 5.10 Å². The Labute approximate surface area is 215 Å². The number of hydrogen-bond acceptors (Lipinski definition) is 7. The van der Waals surface area contributed by atoms with Crippen molar-refractivity contribution in [2.75, 3.05) is 20.8 Å². The van der Waals surface area contributed by atoms with Crippen molar-refractivity contribution in [3.05, 3.63) is 76.3 Å². The molecule has 0 saturated carbocycles. The maximum atomic E-state index is 12.3. The van der Waals surface area contributed by atoms with Crippen LogP contribution in [-0.4, -0.2) is 44.2 Å². The molecule has 0 atom stereocenters. The molecule has 0 aliphatic carbocycles. The molecule has 8 nitrogen and oxygen atoms in total. The Morgan fingerprint density at radius 3 is 2.24 bits per heavy atom. The van der Waals surface area contributed by atoms with E-state index in [1.165, 1.54) is 50.8 Å². The Morgan fingerprint density at radius 2 is 1.68 bits per heavy atom. The molecule has 0 fully saturated rings. The van der Waals surface area contributed by atoms with E-state index in [1.54, 1.807) is 24.3 Å². The van der Waals surface area contributed by atoms with Gasteiger partial charge in [-0.2, -0.15) is 18.3 Å². The van der Waals surface area contributed by atoms with Gasteiger partial charge in [0.1, 0.15) is 18.1 Å². The lowest BCUT2D eigenvalue weighted by molar-refractivity contribution is -0.153. The van der Waals surface area contributed by atoms with E-state index in [2.05, 4.69) is 10.5 Å². The molecule has 196 valence electrons. The Hall–Kier alpha value is -4.12. The number of phenolic OH excluding ortho intramolecular Hbond substituents is 1. The number of aromatic hydroxyl groups is 1. The van der Waals surface area contributed by atoms with Crippen LogP contribution >= 0.6 is 11.6 Å². The maximum absolute atomic E-state index is 12.3. The summed E-state index contributed by atoms with van der Waals surface area (Å²) in [7, 11) is 2.87. The van der Waals surface area contributed by atoms with Gasteiger partial charge in [0.25, 0.3) is 5.91 Å². The number of nitrogens with zero attached hydrogens (tertiary/aromatic N) is 1. The first-order valence-electron chi connectivity index (χ1n) is 10.6. The highest BCUT2D eigenvalue weighted by Gasteiger charge is 2.28. The van der Waals surface area contributed by atoms with E-state index in [9.17, 15) is 23.1 Å². The number of nitrogens with one attached hydrogen (secondary N) is 1. The third-order valence-electron chi connectivity index (χ3n) is 4.78. The van der Waals surface area contributed by atoms with Crippen LogP contribution in [0.4, 0.5) is 13.2 Å². The number of rotatable bonds is 10. The highest BCUT2D eigenvalue weighted by molar-refractivity contribution is 6.32. The van der Waals surface area contributed by atoms with Crippen molar-refractivity contribution in [3.8, 4) is 28.7 Å². The molecule has 0 radical (unpaired) electrons. The zero-order chi connectivity index (χ0) is 27.0. The second-order valence-corrected chi connectivity index (χ2v) is 7.86. The van der Waals surface area contributed by atoms with Gasteiger partial charge >= 0.3 is 6.18 Å². The third kappa shape index (κ3) is 7.94. The molecule has 0 unspecified atom stereocenters. The molecule has 0 spiro atoms. The summed E-state index contributed by atoms with van der Waals surface area (Å²) in [6, 6.07) is 13.2. The minimum absolute atomic E-state index is 0.0346. The maximum Gasteiger partial charge on any atom is 0.422 e. The summed E-state index contributed by atoms with van der Waals surface area (Å²) in [5.41, 5.74) is 3.76. The number of hydrogen-bond donors (Lipinski definition) is 2. The smallest absolute Gasteiger partial charge is 0.422 e. The normalized spacial score (nSPS) is 11.3. The Morgan fingerprint density at radius 1 is 1.03 bits per heavy atom. The predicted octanol–water partition coefficient (Wildman–Crippen LogP) is 5.35. The highest BCUT2D eigenvalue weighted by atomic mass is 35.5. The molecule has 0 aliphatic rings. The van der Waals surface area contributed by atoms with E-state index in [0.717, 1.165) is 0 Å².